The first-order valence-electron chi connectivity index (χ1n) is 9.14. The summed E-state index contributed by atoms with van der Waals surface area (Å²) >= 11 is 1.75. The second-order valence-electron chi connectivity index (χ2n) is 6.53. The summed E-state index contributed by atoms with van der Waals surface area (Å²) in [6, 6.07) is 21.9. The second kappa shape index (κ2) is 7.44. The molecule has 1 atom stereocenters. The number of rotatable bonds is 4. The van der Waals surface area contributed by atoms with Gasteiger partial charge in [-0.15, -0.1) is 0 Å². The first-order valence-corrected chi connectivity index (χ1v) is 10.0. The average Bonchev–Trinajstić information content (AvgIpc) is 3.31. The zero-order chi connectivity index (χ0) is 19.6. The molecular formula is C22H17N5OS. The Morgan fingerprint density at radius 1 is 1.07 bits per heavy atom. The van der Waals surface area contributed by atoms with Crippen molar-refractivity contribution in [3.8, 4) is 0 Å². The molecule has 0 fully saturated rings. The van der Waals surface area contributed by atoms with Crippen LogP contribution in [0.2, 0.25) is 0 Å². The summed E-state index contributed by atoms with van der Waals surface area (Å²) in [5.74, 6) is -0.294. The van der Waals surface area contributed by atoms with Crippen molar-refractivity contribution < 1.29 is 4.79 Å². The summed E-state index contributed by atoms with van der Waals surface area (Å²) in [5, 5.41) is 4.22. The Bertz CT molecular complexity index is 1100. The van der Waals surface area contributed by atoms with Crippen molar-refractivity contribution in [2.24, 2.45) is 5.10 Å². The molecule has 0 aliphatic carbocycles. The summed E-state index contributed by atoms with van der Waals surface area (Å²) in [6.45, 7) is 0. The fourth-order valence-corrected chi connectivity index (χ4v) is 4.61. The Balaban J connectivity index is 1.43. The number of fused-ring (bicyclic) bond motifs is 3. The highest BCUT2D eigenvalue weighted by molar-refractivity contribution is 8.00. The zero-order valence-corrected chi connectivity index (χ0v) is 16.2. The molecule has 1 N–H and O–H groups in total. The van der Waals surface area contributed by atoms with Gasteiger partial charge in [0.05, 0.1) is 16.9 Å². The van der Waals surface area contributed by atoms with Crippen LogP contribution < -0.4 is 10.3 Å². The smallest absolute Gasteiger partial charge is 0.272 e. The van der Waals surface area contributed by atoms with E-state index in [4.69, 9.17) is 0 Å². The van der Waals surface area contributed by atoms with Gasteiger partial charge in [-0.25, -0.2) is 5.43 Å². The molecule has 0 saturated heterocycles. The van der Waals surface area contributed by atoms with E-state index >= 15 is 0 Å². The number of thioether (sulfide) groups is 1. The maximum Gasteiger partial charge on any atom is 0.272 e. The molecule has 7 heteroatoms. The number of hydrogen-bond donors (Lipinski definition) is 1. The van der Waals surface area contributed by atoms with E-state index < -0.39 is 0 Å². The fraction of sp³-hybridized carbons (Fsp3) is 0.0455. The minimum Gasteiger partial charge on any atom is -0.314 e. The van der Waals surface area contributed by atoms with Gasteiger partial charge in [-0.05, 0) is 29.8 Å². The Hall–Kier alpha value is -3.58. The summed E-state index contributed by atoms with van der Waals surface area (Å²) < 4.78 is 0. The lowest BCUT2D eigenvalue weighted by Gasteiger charge is -2.24. The Morgan fingerprint density at radius 3 is 2.72 bits per heavy atom. The third kappa shape index (κ3) is 3.25. The van der Waals surface area contributed by atoms with Crippen molar-refractivity contribution in [1.29, 1.82) is 0 Å². The largest absolute Gasteiger partial charge is 0.314 e. The van der Waals surface area contributed by atoms with Crippen LogP contribution >= 0.6 is 11.8 Å². The highest BCUT2D eigenvalue weighted by atomic mass is 32.2. The summed E-state index contributed by atoms with van der Waals surface area (Å²) in [7, 11) is 0. The molecule has 142 valence electrons. The monoisotopic (exact) mass is 399 g/mol. The minimum atomic E-state index is -0.294. The first kappa shape index (κ1) is 17.5. The van der Waals surface area contributed by atoms with E-state index in [0.717, 1.165) is 11.3 Å². The van der Waals surface area contributed by atoms with Crippen molar-refractivity contribution >= 4 is 35.4 Å². The van der Waals surface area contributed by atoms with Crippen molar-refractivity contribution in [2.75, 3.05) is 4.90 Å². The number of carbonyl (C=O) groups is 1. The molecule has 0 saturated carbocycles. The van der Waals surface area contributed by atoms with Gasteiger partial charge in [-0.1, -0.05) is 54.2 Å². The molecule has 29 heavy (non-hydrogen) atoms. The van der Waals surface area contributed by atoms with Gasteiger partial charge in [0.25, 0.3) is 5.91 Å². The predicted octanol–water partition coefficient (Wildman–Crippen LogP) is 3.96. The van der Waals surface area contributed by atoms with Gasteiger partial charge < -0.3 is 4.90 Å². The number of hydrogen-bond acceptors (Lipinski definition) is 5. The number of para-hydroxylation sites is 1. The molecule has 1 amide bonds. The average molecular weight is 399 g/mol. The molecular weight excluding hydrogens is 382 g/mol. The van der Waals surface area contributed by atoms with Crippen LogP contribution in [0.1, 0.15) is 15.9 Å². The lowest BCUT2D eigenvalue weighted by Crippen LogP contribution is -2.34. The molecule has 0 bridgehead atoms. The third-order valence-electron chi connectivity index (χ3n) is 4.73. The fourth-order valence-electron chi connectivity index (χ4n) is 3.36. The quantitative estimate of drug-likeness (QED) is 0.409. The van der Waals surface area contributed by atoms with Gasteiger partial charge >= 0.3 is 0 Å². The second-order valence-corrected chi connectivity index (χ2v) is 7.63. The molecule has 3 heterocycles. The number of benzene rings is 2. The number of anilines is 1. The molecule has 2 aromatic carbocycles. The van der Waals surface area contributed by atoms with Crippen LogP contribution in [-0.2, 0) is 0 Å². The molecule has 1 unspecified atom stereocenters. The number of aromatic nitrogens is 1. The van der Waals surface area contributed by atoms with Crippen molar-refractivity contribution in [3.63, 3.8) is 0 Å². The van der Waals surface area contributed by atoms with E-state index in [1.165, 1.54) is 16.8 Å². The number of pyridine rings is 1. The molecule has 2 aliphatic heterocycles. The highest BCUT2D eigenvalue weighted by Gasteiger charge is 2.39. The molecule has 2 aliphatic rings. The standard InChI is InChI=1S/C22H17N5OS/c28-21(17-9-6-12-23-13-17)25-24-15-27-19(16-7-2-1-3-8-16)14-26-18-10-4-5-11-20(18)29-22(26)27/h1-15,22H,(H,25,28). The Morgan fingerprint density at radius 2 is 1.90 bits per heavy atom. The summed E-state index contributed by atoms with van der Waals surface area (Å²) in [4.78, 5) is 21.8. The van der Waals surface area contributed by atoms with E-state index in [-0.39, 0.29) is 11.4 Å². The van der Waals surface area contributed by atoms with Crippen LogP contribution in [0.15, 0.2) is 95.3 Å². The summed E-state index contributed by atoms with van der Waals surface area (Å²) in [5.41, 5.74) is 6.36. The van der Waals surface area contributed by atoms with Gasteiger partial charge in [-0.3, -0.25) is 14.7 Å². The van der Waals surface area contributed by atoms with Crippen LogP contribution in [0.3, 0.4) is 0 Å². The molecule has 0 radical (unpaired) electrons. The maximum absolute atomic E-state index is 12.3. The van der Waals surface area contributed by atoms with Gasteiger partial charge in [-0.2, -0.15) is 5.10 Å². The van der Waals surface area contributed by atoms with Gasteiger partial charge in [0.15, 0.2) is 5.50 Å². The molecule has 1 aromatic heterocycles. The molecule has 3 aromatic rings. The molecule has 6 nitrogen and oxygen atoms in total. The molecule has 5 rings (SSSR count). The Kier molecular flexibility index (Phi) is 4.50. The first-order chi connectivity index (χ1) is 14.3. The summed E-state index contributed by atoms with van der Waals surface area (Å²) in [6.07, 6.45) is 6.95. The van der Waals surface area contributed by atoms with Crippen LogP contribution in [0.5, 0.6) is 0 Å². The van der Waals surface area contributed by atoms with Crippen molar-refractivity contribution in [2.45, 2.75) is 10.4 Å². The SMILES string of the molecule is O=C(NN=CN1C(c2ccccc2)=CN2c3ccccc3SC12)c1cccnc1. The van der Waals surface area contributed by atoms with Crippen LogP contribution in [0.4, 0.5) is 5.69 Å². The number of hydrazone groups is 1. The number of nitrogens with one attached hydrogen (secondary N) is 1. The van der Waals surface area contributed by atoms with Gasteiger partial charge in [0.1, 0.15) is 6.34 Å². The van der Waals surface area contributed by atoms with Gasteiger partial charge in [0.2, 0.25) is 0 Å². The van der Waals surface area contributed by atoms with E-state index in [2.05, 4.69) is 55.8 Å². The van der Waals surface area contributed by atoms with Crippen molar-refractivity contribution in [1.82, 2.24) is 15.3 Å². The normalized spacial score (nSPS) is 17.2. The lowest BCUT2D eigenvalue weighted by molar-refractivity contribution is 0.0954. The highest BCUT2D eigenvalue weighted by Crippen LogP contribution is 2.49. The van der Waals surface area contributed by atoms with Gasteiger partial charge in [0, 0.05) is 23.5 Å². The van der Waals surface area contributed by atoms with E-state index in [1.54, 1.807) is 36.4 Å². The predicted molar refractivity (Wildman–Crippen MR) is 115 cm³/mol. The minimum absolute atomic E-state index is 0.0154. The Labute approximate surface area is 172 Å². The zero-order valence-electron chi connectivity index (χ0n) is 15.3. The maximum atomic E-state index is 12.3. The van der Waals surface area contributed by atoms with E-state index in [1.807, 2.05) is 30.3 Å². The number of carbonyl (C=O) groups excluding carboxylic acids is 1. The van der Waals surface area contributed by atoms with Crippen LogP contribution in [0, 0.1) is 0 Å². The van der Waals surface area contributed by atoms with E-state index in [0.29, 0.717) is 5.56 Å². The van der Waals surface area contributed by atoms with E-state index in [9.17, 15) is 4.79 Å². The lowest BCUT2D eigenvalue weighted by atomic mass is 10.1. The third-order valence-corrected chi connectivity index (χ3v) is 6.00. The number of nitrogens with zero attached hydrogens (tertiary/aromatic N) is 4. The molecule has 0 spiro atoms. The number of amides is 1. The topological polar surface area (TPSA) is 60.8 Å². The van der Waals surface area contributed by atoms with Crippen LogP contribution in [0.25, 0.3) is 5.70 Å². The van der Waals surface area contributed by atoms with Crippen molar-refractivity contribution in [3.05, 3.63) is 96.5 Å². The van der Waals surface area contributed by atoms with Crippen LogP contribution in [-0.4, -0.2) is 27.6 Å².